The Bertz CT molecular complexity index is 299. The predicted molar refractivity (Wildman–Crippen MR) is 92.3 cm³/mol. The number of carbonyl (C=O) groups is 1. The second-order valence-corrected chi connectivity index (χ2v) is 6.22. The van der Waals surface area contributed by atoms with Crippen LogP contribution in [0.1, 0.15) is 110 Å². The van der Waals surface area contributed by atoms with Gasteiger partial charge in [0.15, 0.2) is 0 Å². The van der Waals surface area contributed by atoms with E-state index in [1.165, 1.54) is 64.2 Å². The van der Waals surface area contributed by atoms with Crippen molar-refractivity contribution >= 4 is 5.97 Å². The van der Waals surface area contributed by atoms with Crippen LogP contribution in [0, 0.1) is 11.8 Å². The van der Waals surface area contributed by atoms with Gasteiger partial charge in [0.05, 0.1) is 0 Å². The van der Waals surface area contributed by atoms with E-state index >= 15 is 0 Å². The van der Waals surface area contributed by atoms with Crippen molar-refractivity contribution < 1.29 is 9.90 Å². The summed E-state index contributed by atoms with van der Waals surface area (Å²) in [6.07, 6.45) is 18.5. The number of rotatable bonds is 15. The van der Waals surface area contributed by atoms with Crippen LogP contribution in [0.4, 0.5) is 0 Å². The smallest absolute Gasteiger partial charge is 0.0414 e. The van der Waals surface area contributed by atoms with E-state index in [1.54, 1.807) is 0 Å². The molecule has 0 unspecified atom stereocenters. The highest BCUT2D eigenvalue weighted by Crippen LogP contribution is 2.11. The number of hydrogen-bond acceptors (Lipinski definition) is 2. The highest BCUT2D eigenvalue weighted by Gasteiger charge is 1.92. The Kier molecular flexibility index (Phi) is 17.3. The van der Waals surface area contributed by atoms with Crippen LogP contribution in [0.15, 0.2) is 0 Å². The summed E-state index contributed by atoms with van der Waals surface area (Å²) in [6, 6.07) is 0. The van der Waals surface area contributed by atoms with Crippen molar-refractivity contribution in [2.75, 3.05) is 0 Å². The number of carboxylic acid groups (broad SMARTS) is 1. The third kappa shape index (κ3) is 19.0. The lowest BCUT2D eigenvalue weighted by atomic mass is 10.1. The van der Waals surface area contributed by atoms with Crippen molar-refractivity contribution in [3.63, 3.8) is 0 Å². The summed E-state index contributed by atoms with van der Waals surface area (Å²) < 4.78 is 0. The van der Waals surface area contributed by atoms with Crippen LogP contribution in [-0.4, -0.2) is 5.97 Å². The highest BCUT2D eigenvalue weighted by atomic mass is 16.4. The molecule has 2 heteroatoms. The molecule has 0 bridgehead atoms. The van der Waals surface area contributed by atoms with Gasteiger partial charge in [-0.3, -0.25) is 0 Å². The SMILES string of the molecule is CCCCCCCCCCCCC#CCCCCCC(=O)[O-]. The Hall–Kier alpha value is -0.970. The van der Waals surface area contributed by atoms with Crippen LogP contribution in [0.25, 0.3) is 0 Å². The van der Waals surface area contributed by atoms with E-state index in [1.807, 2.05) is 0 Å². The monoisotopic (exact) mass is 307 g/mol. The Labute approximate surface area is 138 Å². The van der Waals surface area contributed by atoms with Crippen molar-refractivity contribution in [2.24, 2.45) is 0 Å². The molecule has 0 spiro atoms. The van der Waals surface area contributed by atoms with E-state index < -0.39 is 5.97 Å². The summed E-state index contributed by atoms with van der Waals surface area (Å²) in [7, 11) is 0. The van der Waals surface area contributed by atoms with Crippen LogP contribution in [0.3, 0.4) is 0 Å². The maximum Gasteiger partial charge on any atom is 0.0414 e. The van der Waals surface area contributed by atoms with Crippen molar-refractivity contribution in [3.8, 4) is 11.8 Å². The largest absolute Gasteiger partial charge is 0.550 e. The molecule has 0 aromatic heterocycles. The predicted octanol–water partition coefficient (Wildman–Crippen LogP) is 5.00. The molecular formula is C20H35O2-. The molecule has 0 aliphatic rings. The Morgan fingerprint density at radius 3 is 1.55 bits per heavy atom. The highest BCUT2D eigenvalue weighted by molar-refractivity contribution is 5.64. The second-order valence-electron chi connectivity index (χ2n) is 6.22. The lowest BCUT2D eigenvalue weighted by Crippen LogP contribution is -2.21. The Morgan fingerprint density at radius 2 is 1.09 bits per heavy atom. The van der Waals surface area contributed by atoms with E-state index in [0.29, 0.717) is 0 Å². The average molecular weight is 307 g/mol. The van der Waals surface area contributed by atoms with E-state index in [-0.39, 0.29) is 6.42 Å². The quantitative estimate of drug-likeness (QED) is 0.315. The molecule has 0 heterocycles. The molecule has 2 nitrogen and oxygen atoms in total. The summed E-state index contributed by atoms with van der Waals surface area (Å²) in [5.74, 6) is 5.48. The molecule has 0 aliphatic heterocycles. The molecule has 0 aromatic carbocycles. The fraction of sp³-hybridized carbons (Fsp3) is 0.850. The van der Waals surface area contributed by atoms with Gasteiger partial charge in [0, 0.05) is 18.8 Å². The van der Waals surface area contributed by atoms with Crippen LogP contribution < -0.4 is 5.11 Å². The maximum atomic E-state index is 10.2. The van der Waals surface area contributed by atoms with Gasteiger partial charge >= 0.3 is 0 Å². The van der Waals surface area contributed by atoms with Gasteiger partial charge in [-0.1, -0.05) is 71.1 Å². The zero-order chi connectivity index (χ0) is 16.3. The van der Waals surface area contributed by atoms with Gasteiger partial charge < -0.3 is 9.90 Å². The van der Waals surface area contributed by atoms with E-state index in [4.69, 9.17) is 0 Å². The number of carbonyl (C=O) groups excluding carboxylic acids is 1. The molecule has 0 saturated carbocycles. The Morgan fingerprint density at radius 1 is 0.682 bits per heavy atom. The van der Waals surface area contributed by atoms with Gasteiger partial charge in [-0.05, 0) is 25.7 Å². The minimum absolute atomic E-state index is 0.187. The minimum atomic E-state index is -0.938. The number of carboxylic acids is 1. The first kappa shape index (κ1) is 21.0. The first-order valence-electron chi connectivity index (χ1n) is 9.43. The van der Waals surface area contributed by atoms with Crippen molar-refractivity contribution in [3.05, 3.63) is 0 Å². The maximum absolute atomic E-state index is 10.2. The van der Waals surface area contributed by atoms with Gasteiger partial charge in [-0.2, -0.15) is 0 Å². The molecule has 128 valence electrons. The second kappa shape index (κ2) is 18.1. The zero-order valence-electron chi connectivity index (χ0n) is 14.6. The van der Waals surface area contributed by atoms with Gasteiger partial charge in [0.1, 0.15) is 0 Å². The zero-order valence-corrected chi connectivity index (χ0v) is 14.6. The number of unbranched alkanes of at least 4 members (excludes halogenated alkanes) is 13. The molecule has 0 atom stereocenters. The van der Waals surface area contributed by atoms with Crippen LogP contribution >= 0.6 is 0 Å². The average Bonchev–Trinajstić information content (AvgIpc) is 2.50. The molecule has 0 saturated heterocycles. The lowest BCUT2D eigenvalue weighted by molar-refractivity contribution is -0.305. The third-order valence-electron chi connectivity index (χ3n) is 3.96. The fourth-order valence-corrected chi connectivity index (χ4v) is 2.54. The molecule has 0 fully saturated rings. The van der Waals surface area contributed by atoms with E-state index in [2.05, 4.69) is 18.8 Å². The third-order valence-corrected chi connectivity index (χ3v) is 3.96. The van der Waals surface area contributed by atoms with E-state index in [0.717, 1.165) is 32.1 Å². The van der Waals surface area contributed by atoms with Gasteiger partial charge in [-0.15, -0.1) is 11.8 Å². The van der Waals surface area contributed by atoms with Crippen molar-refractivity contribution in [2.45, 2.75) is 110 Å². The van der Waals surface area contributed by atoms with Crippen LogP contribution in [0.5, 0.6) is 0 Å². The molecule has 0 radical (unpaired) electrons. The summed E-state index contributed by atoms with van der Waals surface area (Å²) in [4.78, 5) is 10.2. The Balaban J connectivity index is 3.10. The summed E-state index contributed by atoms with van der Waals surface area (Å²) in [5, 5.41) is 10.2. The first-order valence-corrected chi connectivity index (χ1v) is 9.43. The molecule has 0 aliphatic carbocycles. The number of hydrogen-bond donors (Lipinski definition) is 0. The van der Waals surface area contributed by atoms with Gasteiger partial charge in [0.25, 0.3) is 0 Å². The van der Waals surface area contributed by atoms with Crippen LogP contribution in [0.2, 0.25) is 0 Å². The molecule has 0 amide bonds. The van der Waals surface area contributed by atoms with Crippen molar-refractivity contribution in [1.29, 1.82) is 0 Å². The number of aliphatic carboxylic acids is 1. The normalized spacial score (nSPS) is 10.2. The molecule has 22 heavy (non-hydrogen) atoms. The van der Waals surface area contributed by atoms with E-state index in [9.17, 15) is 9.90 Å². The van der Waals surface area contributed by atoms with Crippen molar-refractivity contribution in [1.82, 2.24) is 0 Å². The van der Waals surface area contributed by atoms with Gasteiger partial charge in [-0.25, -0.2) is 0 Å². The minimum Gasteiger partial charge on any atom is -0.550 e. The molecular weight excluding hydrogens is 272 g/mol. The summed E-state index contributed by atoms with van der Waals surface area (Å²) in [5.41, 5.74) is 0. The molecule has 0 rings (SSSR count). The molecule has 0 N–H and O–H groups in total. The fourth-order valence-electron chi connectivity index (χ4n) is 2.54. The standard InChI is InChI=1S/C20H36O2/c1-2-3-4-5-6-7-8-9-10-11-12-13-14-15-16-17-18-19-20(21)22/h2-12,15-19H2,1H3,(H,21,22)/p-1. The topological polar surface area (TPSA) is 40.1 Å². The molecule has 0 aromatic rings. The van der Waals surface area contributed by atoms with Crippen LogP contribution in [-0.2, 0) is 4.79 Å². The first-order chi connectivity index (χ1) is 10.8. The van der Waals surface area contributed by atoms with Gasteiger partial charge in [0.2, 0.25) is 0 Å². The summed E-state index contributed by atoms with van der Waals surface area (Å²) in [6.45, 7) is 2.26. The lowest BCUT2D eigenvalue weighted by Gasteiger charge is -2.00. The summed E-state index contributed by atoms with van der Waals surface area (Å²) >= 11 is 0.